The van der Waals surface area contributed by atoms with Gasteiger partial charge < -0.3 is 11.1 Å². The number of rotatable bonds is 5. The molecule has 0 radical (unpaired) electrons. The first-order chi connectivity index (χ1) is 10.6. The molecule has 3 rings (SSSR count). The highest BCUT2D eigenvalue weighted by molar-refractivity contribution is 7.19. The molecule has 0 aromatic carbocycles. The molecule has 0 amide bonds. The molecule has 3 heterocycles. The van der Waals surface area contributed by atoms with Crippen LogP contribution in [0.2, 0.25) is 0 Å². The Labute approximate surface area is 136 Å². The van der Waals surface area contributed by atoms with E-state index in [1.165, 1.54) is 4.88 Å². The number of hydrogen-bond acceptors (Lipinski definition) is 6. The molecule has 7 heteroatoms. The SMILES string of the molecule is Cc1c(C[C@H](C)N)sc2c(NCc3ccsc3F)cnnc12. The normalized spacial score (nSPS) is 12.7. The molecule has 3 aromatic rings. The fourth-order valence-electron chi connectivity index (χ4n) is 2.31. The van der Waals surface area contributed by atoms with Crippen LogP contribution in [-0.4, -0.2) is 16.2 Å². The average molecular weight is 336 g/mol. The van der Waals surface area contributed by atoms with Gasteiger partial charge in [-0.05, 0) is 37.3 Å². The van der Waals surface area contributed by atoms with Crippen molar-refractivity contribution in [2.75, 3.05) is 5.32 Å². The first kappa shape index (κ1) is 15.3. The Kier molecular flexibility index (Phi) is 4.37. The summed E-state index contributed by atoms with van der Waals surface area (Å²) in [6, 6.07) is 1.90. The van der Waals surface area contributed by atoms with Gasteiger partial charge in [-0.2, -0.15) is 9.49 Å². The van der Waals surface area contributed by atoms with Gasteiger partial charge in [0.25, 0.3) is 0 Å². The Morgan fingerprint density at radius 3 is 2.95 bits per heavy atom. The number of anilines is 1. The highest BCUT2D eigenvalue weighted by Gasteiger charge is 2.15. The van der Waals surface area contributed by atoms with Crippen molar-refractivity contribution in [2.24, 2.45) is 5.73 Å². The van der Waals surface area contributed by atoms with Gasteiger partial charge in [0.05, 0.1) is 16.6 Å². The Hall–Kier alpha value is -1.57. The summed E-state index contributed by atoms with van der Waals surface area (Å²) in [5.41, 5.74) is 9.50. The molecule has 22 heavy (non-hydrogen) atoms. The lowest BCUT2D eigenvalue weighted by Gasteiger charge is -2.05. The summed E-state index contributed by atoms with van der Waals surface area (Å²) in [6.45, 7) is 4.48. The topological polar surface area (TPSA) is 63.8 Å². The van der Waals surface area contributed by atoms with Crippen LogP contribution in [0.25, 0.3) is 10.2 Å². The van der Waals surface area contributed by atoms with Crippen molar-refractivity contribution in [3.05, 3.63) is 38.8 Å². The van der Waals surface area contributed by atoms with Crippen LogP contribution in [0.4, 0.5) is 10.1 Å². The monoisotopic (exact) mass is 336 g/mol. The first-order valence-corrected chi connectivity index (χ1v) is 8.71. The lowest BCUT2D eigenvalue weighted by atomic mass is 10.1. The maximum Gasteiger partial charge on any atom is 0.181 e. The number of thiophene rings is 2. The number of nitrogens with one attached hydrogen (secondary N) is 1. The zero-order valence-corrected chi connectivity index (χ0v) is 14.0. The van der Waals surface area contributed by atoms with Crippen LogP contribution in [0.5, 0.6) is 0 Å². The molecule has 4 nitrogen and oxygen atoms in total. The number of hydrogen-bond donors (Lipinski definition) is 2. The number of aromatic nitrogens is 2. The molecule has 0 aliphatic carbocycles. The summed E-state index contributed by atoms with van der Waals surface area (Å²) in [5, 5.41) is 13.2. The predicted molar refractivity (Wildman–Crippen MR) is 91.1 cm³/mol. The maximum atomic E-state index is 13.5. The van der Waals surface area contributed by atoms with E-state index in [0.717, 1.165) is 39.2 Å². The molecule has 0 aliphatic rings. The van der Waals surface area contributed by atoms with Crippen LogP contribution < -0.4 is 11.1 Å². The van der Waals surface area contributed by atoms with Crippen molar-refractivity contribution in [2.45, 2.75) is 32.9 Å². The van der Waals surface area contributed by atoms with Crippen LogP contribution in [0.1, 0.15) is 22.9 Å². The third kappa shape index (κ3) is 2.97. The van der Waals surface area contributed by atoms with Gasteiger partial charge in [0.2, 0.25) is 0 Å². The second-order valence-corrected chi connectivity index (χ2v) is 7.31. The number of fused-ring (bicyclic) bond motifs is 1. The Morgan fingerprint density at radius 2 is 2.27 bits per heavy atom. The lowest BCUT2D eigenvalue weighted by Crippen LogP contribution is -2.17. The zero-order valence-electron chi connectivity index (χ0n) is 12.4. The summed E-state index contributed by atoms with van der Waals surface area (Å²) in [4.78, 5) is 1.23. The van der Waals surface area contributed by atoms with Gasteiger partial charge >= 0.3 is 0 Å². The van der Waals surface area contributed by atoms with Crippen LogP contribution in [0, 0.1) is 12.1 Å². The predicted octanol–water partition coefficient (Wildman–Crippen LogP) is 3.70. The minimum Gasteiger partial charge on any atom is -0.378 e. The van der Waals surface area contributed by atoms with Gasteiger partial charge in [-0.3, -0.25) is 0 Å². The third-order valence-corrected chi connectivity index (χ3v) is 5.55. The standard InChI is InChI=1S/C15H17FN4S2/c1-8(17)5-12-9(2)13-14(22-12)11(7-19-20-13)18-6-10-3-4-21-15(10)16/h3-4,7-8H,5-6,17H2,1-2H3,(H,18,20)/t8-/m0/s1. The number of nitrogens with two attached hydrogens (primary N) is 1. The smallest absolute Gasteiger partial charge is 0.181 e. The largest absolute Gasteiger partial charge is 0.378 e. The van der Waals surface area contributed by atoms with E-state index in [1.807, 2.05) is 13.8 Å². The van der Waals surface area contributed by atoms with Crippen molar-refractivity contribution >= 4 is 38.6 Å². The summed E-state index contributed by atoms with van der Waals surface area (Å²) in [7, 11) is 0. The molecule has 0 saturated heterocycles. The number of aryl methyl sites for hydroxylation is 1. The van der Waals surface area contributed by atoms with Crippen molar-refractivity contribution in [3.63, 3.8) is 0 Å². The van der Waals surface area contributed by atoms with E-state index in [2.05, 4.69) is 15.5 Å². The fraction of sp³-hybridized carbons (Fsp3) is 0.333. The Morgan fingerprint density at radius 1 is 1.45 bits per heavy atom. The van der Waals surface area contributed by atoms with Crippen molar-refractivity contribution < 1.29 is 4.39 Å². The maximum absolute atomic E-state index is 13.5. The second kappa shape index (κ2) is 6.28. The molecule has 0 saturated carbocycles. The third-order valence-electron chi connectivity index (χ3n) is 3.47. The van der Waals surface area contributed by atoms with E-state index in [9.17, 15) is 4.39 Å². The van der Waals surface area contributed by atoms with E-state index in [0.29, 0.717) is 12.1 Å². The molecule has 3 aromatic heterocycles. The van der Waals surface area contributed by atoms with Gasteiger partial charge in [0, 0.05) is 23.0 Å². The Bertz CT molecular complexity index is 794. The molecule has 0 fully saturated rings. The summed E-state index contributed by atoms with van der Waals surface area (Å²) >= 11 is 2.79. The van der Waals surface area contributed by atoms with Crippen LogP contribution in [-0.2, 0) is 13.0 Å². The quantitative estimate of drug-likeness (QED) is 0.746. The Balaban J connectivity index is 1.91. The van der Waals surface area contributed by atoms with Gasteiger partial charge in [-0.25, -0.2) is 0 Å². The minimum atomic E-state index is -0.147. The van der Waals surface area contributed by atoms with Gasteiger partial charge in [-0.15, -0.1) is 27.8 Å². The number of nitrogens with zero attached hydrogens (tertiary/aromatic N) is 2. The molecule has 0 bridgehead atoms. The molecular formula is C15H17FN4S2. The highest BCUT2D eigenvalue weighted by Crippen LogP contribution is 2.34. The van der Waals surface area contributed by atoms with Gasteiger partial charge in [-0.1, -0.05) is 0 Å². The molecular weight excluding hydrogens is 319 g/mol. The van der Waals surface area contributed by atoms with E-state index in [1.54, 1.807) is 29.0 Å². The molecule has 116 valence electrons. The average Bonchev–Trinajstić information content (AvgIpc) is 3.02. The van der Waals surface area contributed by atoms with Crippen molar-refractivity contribution in [1.29, 1.82) is 0 Å². The van der Waals surface area contributed by atoms with Gasteiger partial charge in [0.15, 0.2) is 5.13 Å². The molecule has 0 aliphatic heterocycles. The minimum absolute atomic E-state index is 0.107. The second-order valence-electron chi connectivity index (χ2n) is 5.34. The fourth-order valence-corrected chi connectivity index (χ4v) is 4.32. The summed E-state index contributed by atoms with van der Waals surface area (Å²) in [5.74, 6) is 0. The van der Waals surface area contributed by atoms with Crippen LogP contribution in [0.15, 0.2) is 17.6 Å². The molecule has 0 unspecified atom stereocenters. The van der Waals surface area contributed by atoms with Crippen LogP contribution in [0.3, 0.4) is 0 Å². The molecule has 1 atom stereocenters. The summed E-state index contributed by atoms with van der Waals surface area (Å²) < 4.78 is 14.6. The van der Waals surface area contributed by atoms with E-state index >= 15 is 0 Å². The van der Waals surface area contributed by atoms with Crippen LogP contribution >= 0.6 is 22.7 Å². The van der Waals surface area contributed by atoms with Gasteiger partial charge in [0.1, 0.15) is 5.52 Å². The lowest BCUT2D eigenvalue weighted by molar-refractivity contribution is 0.643. The first-order valence-electron chi connectivity index (χ1n) is 7.01. The highest BCUT2D eigenvalue weighted by atomic mass is 32.1. The van der Waals surface area contributed by atoms with Crippen molar-refractivity contribution in [1.82, 2.24) is 10.2 Å². The van der Waals surface area contributed by atoms with E-state index in [4.69, 9.17) is 5.73 Å². The van der Waals surface area contributed by atoms with E-state index < -0.39 is 0 Å². The van der Waals surface area contributed by atoms with Crippen molar-refractivity contribution in [3.8, 4) is 0 Å². The number of halogens is 1. The van der Waals surface area contributed by atoms with E-state index in [-0.39, 0.29) is 11.2 Å². The molecule has 0 spiro atoms. The molecule has 3 N–H and O–H groups in total. The zero-order chi connectivity index (χ0) is 15.7. The summed E-state index contributed by atoms with van der Waals surface area (Å²) in [6.07, 6.45) is 2.52.